The van der Waals surface area contributed by atoms with Crippen LogP contribution in [0.5, 0.6) is 5.75 Å². The van der Waals surface area contributed by atoms with Crippen LogP contribution in [-0.2, 0) is 6.42 Å². The van der Waals surface area contributed by atoms with Gasteiger partial charge in [0.2, 0.25) is 0 Å². The van der Waals surface area contributed by atoms with Crippen molar-refractivity contribution in [1.82, 2.24) is 14.8 Å². The summed E-state index contributed by atoms with van der Waals surface area (Å²) in [6.07, 6.45) is 2.18. The fraction of sp³-hybridized carbons (Fsp3) is 0.200. The molecule has 3 N–H and O–H groups in total. The van der Waals surface area contributed by atoms with Crippen molar-refractivity contribution < 1.29 is 5.11 Å². The number of phenols is 1. The average Bonchev–Trinajstić information content (AvgIpc) is 2.68. The fourth-order valence-corrected chi connectivity index (χ4v) is 1.37. The third kappa shape index (κ3) is 1.97. The lowest BCUT2D eigenvalue weighted by Gasteiger charge is -2.04. The first-order chi connectivity index (χ1) is 7.31. The van der Waals surface area contributed by atoms with Gasteiger partial charge in [0.15, 0.2) is 0 Å². The van der Waals surface area contributed by atoms with E-state index in [-0.39, 0.29) is 5.75 Å². The van der Waals surface area contributed by atoms with Crippen LogP contribution in [0.15, 0.2) is 30.6 Å². The number of phenolic OH excluding ortho intramolecular Hbond substituents is 1. The van der Waals surface area contributed by atoms with Gasteiger partial charge < -0.3 is 10.8 Å². The summed E-state index contributed by atoms with van der Waals surface area (Å²) in [6.45, 7) is 0.538. The third-order valence-corrected chi connectivity index (χ3v) is 2.08. The number of nitrogens with zero attached hydrogens (tertiary/aromatic N) is 3. The van der Waals surface area contributed by atoms with Gasteiger partial charge >= 0.3 is 0 Å². The van der Waals surface area contributed by atoms with Crippen LogP contribution in [0, 0.1) is 0 Å². The molecule has 0 unspecified atom stereocenters. The molecule has 5 nitrogen and oxygen atoms in total. The molecule has 1 aromatic carbocycles. The molecule has 0 atom stereocenters. The first kappa shape index (κ1) is 9.67. The van der Waals surface area contributed by atoms with Crippen molar-refractivity contribution in [3.63, 3.8) is 0 Å². The van der Waals surface area contributed by atoms with Crippen LogP contribution >= 0.6 is 0 Å². The second-order valence-corrected chi connectivity index (χ2v) is 3.14. The Labute approximate surface area is 87.2 Å². The minimum atomic E-state index is 0.235. The third-order valence-electron chi connectivity index (χ3n) is 2.08. The maximum atomic E-state index is 9.16. The number of hydrogen-bond acceptors (Lipinski definition) is 4. The SMILES string of the molecule is NCCc1ncnn1-c1ccc(O)cc1. The monoisotopic (exact) mass is 204 g/mol. The minimum Gasteiger partial charge on any atom is -0.508 e. The van der Waals surface area contributed by atoms with Crippen LogP contribution in [0.3, 0.4) is 0 Å². The fourth-order valence-electron chi connectivity index (χ4n) is 1.37. The summed E-state index contributed by atoms with van der Waals surface area (Å²) in [4.78, 5) is 4.11. The maximum Gasteiger partial charge on any atom is 0.138 e. The van der Waals surface area contributed by atoms with E-state index >= 15 is 0 Å². The molecule has 1 aromatic heterocycles. The van der Waals surface area contributed by atoms with Gasteiger partial charge in [0, 0.05) is 6.42 Å². The molecule has 0 aliphatic heterocycles. The van der Waals surface area contributed by atoms with Gasteiger partial charge in [-0.3, -0.25) is 0 Å². The van der Waals surface area contributed by atoms with Crippen LogP contribution in [0.4, 0.5) is 0 Å². The van der Waals surface area contributed by atoms with E-state index in [1.54, 1.807) is 28.9 Å². The van der Waals surface area contributed by atoms with Gasteiger partial charge in [-0.25, -0.2) is 9.67 Å². The lowest BCUT2D eigenvalue weighted by Crippen LogP contribution is -2.09. The predicted molar refractivity (Wildman–Crippen MR) is 55.8 cm³/mol. The van der Waals surface area contributed by atoms with Gasteiger partial charge in [0.1, 0.15) is 17.9 Å². The van der Waals surface area contributed by atoms with E-state index in [0.717, 1.165) is 11.5 Å². The lowest BCUT2D eigenvalue weighted by molar-refractivity contribution is 0.475. The van der Waals surface area contributed by atoms with E-state index in [0.29, 0.717) is 13.0 Å². The Morgan fingerprint density at radius 1 is 1.27 bits per heavy atom. The Bertz CT molecular complexity index is 435. The number of hydrogen-bond donors (Lipinski definition) is 2. The van der Waals surface area contributed by atoms with Gasteiger partial charge in [-0.05, 0) is 30.8 Å². The summed E-state index contributed by atoms with van der Waals surface area (Å²) >= 11 is 0. The Balaban J connectivity index is 2.36. The topological polar surface area (TPSA) is 77.0 Å². The second-order valence-electron chi connectivity index (χ2n) is 3.14. The summed E-state index contributed by atoms with van der Waals surface area (Å²) in [5, 5.41) is 13.3. The zero-order valence-corrected chi connectivity index (χ0v) is 8.17. The van der Waals surface area contributed by atoms with Crippen LogP contribution in [0.1, 0.15) is 5.82 Å². The zero-order chi connectivity index (χ0) is 10.7. The summed E-state index contributed by atoms with van der Waals surface area (Å²) in [6, 6.07) is 6.79. The van der Waals surface area contributed by atoms with Crippen molar-refractivity contribution in [2.45, 2.75) is 6.42 Å². The predicted octanol–water partition coefficient (Wildman–Crippen LogP) is 0.474. The van der Waals surface area contributed by atoms with E-state index in [1.807, 2.05) is 0 Å². The quantitative estimate of drug-likeness (QED) is 0.762. The minimum absolute atomic E-state index is 0.235. The molecule has 0 amide bonds. The van der Waals surface area contributed by atoms with Crippen molar-refractivity contribution >= 4 is 0 Å². The van der Waals surface area contributed by atoms with Crippen molar-refractivity contribution in [3.05, 3.63) is 36.4 Å². The molecule has 0 spiro atoms. The van der Waals surface area contributed by atoms with Crippen LogP contribution in [-0.4, -0.2) is 26.4 Å². The Hall–Kier alpha value is -1.88. The maximum absolute atomic E-state index is 9.16. The van der Waals surface area contributed by atoms with Crippen molar-refractivity contribution in [2.24, 2.45) is 5.73 Å². The average molecular weight is 204 g/mol. The molecule has 0 fully saturated rings. The van der Waals surface area contributed by atoms with Gasteiger partial charge in [0.05, 0.1) is 5.69 Å². The van der Waals surface area contributed by atoms with Crippen molar-refractivity contribution in [2.75, 3.05) is 6.54 Å². The van der Waals surface area contributed by atoms with E-state index in [9.17, 15) is 0 Å². The number of aromatic hydroxyl groups is 1. The molecule has 5 heteroatoms. The van der Waals surface area contributed by atoms with Gasteiger partial charge in [0.25, 0.3) is 0 Å². The Morgan fingerprint density at radius 2 is 2.00 bits per heavy atom. The van der Waals surface area contributed by atoms with Gasteiger partial charge in [-0.15, -0.1) is 0 Å². The molecule has 0 radical (unpaired) electrons. The largest absolute Gasteiger partial charge is 0.508 e. The second kappa shape index (κ2) is 4.10. The summed E-state index contributed by atoms with van der Waals surface area (Å²) in [7, 11) is 0. The highest BCUT2D eigenvalue weighted by atomic mass is 16.3. The zero-order valence-electron chi connectivity index (χ0n) is 8.17. The first-order valence-corrected chi connectivity index (χ1v) is 4.69. The molecule has 0 aliphatic rings. The number of aromatic nitrogens is 3. The molecule has 1 heterocycles. The van der Waals surface area contributed by atoms with Crippen LogP contribution < -0.4 is 5.73 Å². The Morgan fingerprint density at radius 3 is 2.67 bits per heavy atom. The standard InChI is InChI=1S/C10H12N4O/c11-6-5-10-12-7-13-14(10)8-1-3-9(15)4-2-8/h1-4,7,15H,5-6,11H2. The molecule has 2 aromatic rings. The number of rotatable bonds is 3. The van der Waals surface area contributed by atoms with E-state index in [1.165, 1.54) is 6.33 Å². The molecule has 0 aliphatic carbocycles. The summed E-state index contributed by atoms with van der Waals surface area (Å²) in [5.74, 6) is 1.06. The molecule has 78 valence electrons. The molecular weight excluding hydrogens is 192 g/mol. The van der Waals surface area contributed by atoms with Gasteiger partial charge in [-0.2, -0.15) is 5.10 Å². The Kier molecular flexibility index (Phi) is 2.64. The smallest absolute Gasteiger partial charge is 0.138 e. The molecule has 0 saturated heterocycles. The summed E-state index contributed by atoms with van der Waals surface area (Å²) < 4.78 is 1.71. The molecule has 2 rings (SSSR count). The summed E-state index contributed by atoms with van der Waals surface area (Å²) in [5.41, 5.74) is 6.34. The molecular formula is C10H12N4O. The van der Waals surface area contributed by atoms with Gasteiger partial charge in [-0.1, -0.05) is 0 Å². The highest BCUT2D eigenvalue weighted by molar-refractivity contribution is 5.36. The number of benzene rings is 1. The number of nitrogens with two attached hydrogens (primary N) is 1. The van der Waals surface area contributed by atoms with E-state index < -0.39 is 0 Å². The lowest BCUT2D eigenvalue weighted by atomic mass is 10.3. The molecule has 15 heavy (non-hydrogen) atoms. The first-order valence-electron chi connectivity index (χ1n) is 4.69. The normalized spacial score (nSPS) is 10.5. The van der Waals surface area contributed by atoms with Crippen LogP contribution in [0.25, 0.3) is 5.69 Å². The highest BCUT2D eigenvalue weighted by Crippen LogP contribution is 2.13. The van der Waals surface area contributed by atoms with Crippen molar-refractivity contribution in [3.8, 4) is 11.4 Å². The van der Waals surface area contributed by atoms with E-state index in [4.69, 9.17) is 10.8 Å². The molecule has 0 saturated carbocycles. The highest BCUT2D eigenvalue weighted by Gasteiger charge is 2.04. The molecule has 0 bridgehead atoms. The van der Waals surface area contributed by atoms with Crippen molar-refractivity contribution in [1.29, 1.82) is 0 Å². The van der Waals surface area contributed by atoms with E-state index in [2.05, 4.69) is 10.1 Å². The van der Waals surface area contributed by atoms with Crippen LogP contribution in [0.2, 0.25) is 0 Å².